The Hall–Kier alpha value is -1.83. The molecule has 0 saturated carbocycles. The number of hydrogen-bond acceptors (Lipinski definition) is 4. The van der Waals surface area contributed by atoms with E-state index < -0.39 is 5.97 Å². The summed E-state index contributed by atoms with van der Waals surface area (Å²) < 4.78 is 10.3. The van der Waals surface area contributed by atoms with Crippen molar-refractivity contribution in [1.82, 2.24) is 0 Å². The number of esters is 1. The van der Waals surface area contributed by atoms with Crippen molar-refractivity contribution >= 4 is 40.2 Å². The van der Waals surface area contributed by atoms with E-state index in [1.54, 1.807) is 24.3 Å². The minimum atomic E-state index is -0.449. The summed E-state index contributed by atoms with van der Waals surface area (Å²) in [5.41, 5.74) is 1.35. The number of halogens is 1. The summed E-state index contributed by atoms with van der Waals surface area (Å²) in [5, 5.41) is 2.72. The number of carbonyl (C=O) groups is 2. The van der Waals surface area contributed by atoms with E-state index in [1.165, 1.54) is 19.6 Å². The van der Waals surface area contributed by atoms with Gasteiger partial charge in [-0.2, -0.15) is 0 Å². The van der Waals surface area contributed by atoms with E-state index in [0.717, 1.165) is 3.57 Å². The first kappa shape index (κ1) is 13.6. The second kappa shape index (κ2) is 5.87. The number of amides is 1. The van der Waals surface area contributed by atoms with Crippen LogP contribution >= 0.6 is 22.6 Å². The SMILES string of the molecule is COC(=O)c1ccc(I)c(NC(=O)c2ccoc2)c1. The predicted octanol–water partition coefficient (Wildman–Crippen LogP) is 2.92. The van der Waals surface area contributed by atoms with Crippen LogP contribution in [0, 0.1) is 3.57 Å². The molecule has 5 nitrogen and oxygen atoms in total. The van der Waals surface area contributed by atoms with Gasteiger partial charge in [0.15, 0.2) is 0 Å². The Kier molecular flexibility index (Phi) is 4.20. The first-order chi connectivity index (χ1) is 9.11. The van der Waals surface area contributed by atoms with Crippen molar-refractivity contribution in [3.8, 4) is 0 Å². The van der Waals surface area contributed by atoms with Crippen LogP contribution in [-0.2, 0) is 4.74 Å². The van der Waals surface area contributed by atoms with Crippen LogP contribution in [0.3, 0.4) is 0 Å². The summed E-state index contributed by atoms with van der Waals surface area (Å²) in [4.78, 5) is 23.3. The molecule has 1 aromatic carbocycles. The van der Waals surface area contributed by atoms with Gasteiger partial charge in [0.1, 0.15) is 6.26 Å². The fourth-order valence-electron chi connectivity index (χ4n) is 1.45. The van der Waals surface area contributed by atoms with E-state index in [-0.39, 0.29) is 5.91 Å². The average molecular weight is 371 g/mol. The smallest absolute Gasteiger partial charge is 0.337 e. The number of carbonyl (C=O) groups excluding carboxylic acids is 2. The summed E-state index contributed by atoms with van der Waals surface area (Å²) in [7, 11) is 1.31. The standard InChI is InChI=1S/C13H10INO4/c1-18-13(17)8-2-3-10(14)11(6-8)15-12(16)9-4-5-19-7-9/h2-7H,1H3,(H,15,16). The van der Waals surface area contributed by atoms with Crippen LogP contribution in [0.25, 0.3) is 0 Å². The summed E-state index contributed by atoms with van der Waals surface area (Å²) in [6.07, 6.45) is 2.77. The lowest BCUT2D eigenvalue weighted by atomic mass is 10.2. The third-order valence-electron chi connectivity index (χ3n) is 2.42. The van der Waals surface area contributed by atoms with Crippen molar-refractivity contribution in [2.45, 2.75) is 0 Å². The highest BCUT2D eigenvalue weighted by Crippen LogP contribution is 2.21. The molecule has 1 aromatic heterocycles. The molecular formula is C13H10INO4. The Labute approximate surface area is 123 Å². The Bertz CT molecular complexity index is 607. The van der Waals surface area contributed by atoms with Crippen molar-refractivity contribution in [2.24, 2.45) is 0 Å². The highest BCUT2D eigenvalue weighted by Gasteiger charge is 2.12. The van der Waals surface area contributed by atoms with Gasteiger partial charge in [0.25, 0.3) is 5.91 Å². The third kappa shape index (κ3) is 3.14. The normalized spacial score (nSPS) is 10.0. The molecule has 0 radical (unpaired) electrons. The van der Waals surface area contributed by atoms with E-state index in [4.69, 9.17) is 4.42 Å². The summed E-state index contributed by atoms with van der Waals surface area (Å²) >= 11 is 2.07. The highest BCUT2D eigenvalue weighted by atomic mass is 127. The molecule has 0 saturated heterocycles. The highest BCUT2D eigenvalue weighted by molar-refractivity contribution is 14.1. The maximum atomic E-state index is 11.9. The molecular weight excluding hydrogens is 361 g/mol. The van der Waals surface area contributed by atoms with Gasteiger partial charge >= 0.3 is 5.97 Å². The molecule has 0 unspecified atom stereocenters. The van der Waals surface area contributed by atoms with E-state index in [2.05, 4.69) is 32.6 Å². The Morgan fingerprint density at radius 3 is 2.68 bits per heavy atom. The molecule has 2 aromatic rings. The molecule has 0 bridgehead atoms. The predicted molar refractivity (Wildman–Crippen MR) is 77.2 cm³/mol. The zero-order valence-corrected chi connectivity index (χ0v) is 12.1. The minimum Gasteiger partial charge on any atom is -0.472 e. The molecule has 0 fully saturated rings. The van der Waals surface area contributed by atoms with E-state index in [1.807, 2.05) is 0 Å². The van der Waals surface area contributed by atoms with Crippen LogP contribution < -0.4 is 5.32 Å². The zero-order chi connectivity index (χ0) is 13.8. The maximum absolute atomic E-state index is 11.9. The van der Waals surface area contributed by atoms with Crippen LogP contribution in [0.1, 0.15) is 20.7 Å². The van der Waals surface area contributed by atoms with E-state index in [0.29, 0.717) is 16.8 Å². The monoisotopic (exact) mass is 371 g/mol. The molecule has 0 spiro atoms. The number of anilines is 1. The summed E-state index contributed by atoms with van der Waals surface area (Å²) in [6, 6.07) is 6.51. The second-order valence-electron chi connectivity index (χ2n) is 3.65. The Morgan fingerprint density at radius 1 is 1.26 bits per heavy atom. The van der Waals surface area contributed by atoms with Gasteiger partial charge in [0, 0.05) is 3.57 Å². The molecule has 1 heterocycles. The fourth-order valence-corrected chi connectivity index (χ4v) is 1.92. The van der Waals surface area contributed by atoms with Crippen LogP contribution in [0.2, 0.25) is 0 Å². The number of methoxy groups -OCH3 is 1. The molecule has 1 N–H and O–H groups in total. The molecule has 0 atom stereocenters. The topological polar surface area (TPSA) is 68.5 Å². The molecule has 19 heavy (non-hydrogen) atoms. The van der Waals surface area contributed by atoms with Crippen molar-refractivity contribution < 1.29 is 18.7 Å². The number of rotatable bonds is 3. The van der Waals surface area contributed by atoms with Gasteiger partial charge in [-0.1, -0.05) is 0 Å². The summed E-state index contributed by atoms with van der Waals surface area (Å²) in [5.74, 6) is -0.746. The van der Waals surface area contributed by atoms with Gasteiger partial charge in [-0.15, -0.1) is 0 Å². The van der Waals surface area contributed by atoms with E-state index in [9.17, 15) is 9.59 Å². The average Bonchev–Trinajstić information content (AvgIpc) is 2.94. The molecule has 6 heteroatoms. The van der Waals surface area contributed by atoms with Crippen molar-refractivity contribution in [3.05, 3.63) is 51.5 Å². The van der Waals surface area contributed by atoms with Crippen LogP contribution in [0.5, 0.6) is 0 Å². The van der Waals surface area contributed by atoms with Gasteiger partial charge in [0.05, 0.1) is 30.2 Å². The van der Waals surface area contributed by atoms with Gasteiger partial charge in [-0.05, 0) is 46.9 Å². The molecule has 98 valence electrons. The molecule has 0 aliphatic rings. The van der Waals surface area contributed by atoms with Gasteiger partial charge in [-0.25, -0.2) is 4.79 Å². The quantitative estimate of drug-likeness (QED) is 0.666. The van der Waals surface area contributed by atoms with Crippen LogP contribution in [0.15, 0.2) is 41.2 Å². The number of benzene rings is 1. The Morgan fingerprint density at radius 2 is 2.05 bits per heavy atom. The van der Waals surface area contributed by atoms with Gasteiger partial charge < -0.3 is 14.5 Å². The zero-order valence-electron chi connectivity index (χ0n) is 9.98. The second-order valence-corrected chi connectivity index (χ2v) is 4.81. The number of ether oxygens (including phenoxy) is 1. The first-order valence-electron chi connectivity index (χ1n) is 5.33. The van der Waals surface area contributed by atoms with Crippen LogP contribution in [-0.4, -0.2) is 19.0 Å². The minimum absolute atomic E-state index is 0.298. The van der Waals surface area contributed by atoms with Gasteiger partial charge in [0.2, 0.25) is 0 Å². The number of furan rings is 1. The van der Waals surface area contributed by atoms with E-state index >= 15 is 0 Å². The molecule has 2 rings (SSSR count). The fraction of sp³-hybridized carbons (Fsp3) is 0.0769. The molecule has 1 amide bonds. The van der Waals surface area contributed by atoms with Crippen molar-refractivity contribution in [3.63, 3.8) is 0 Å². The van der Waals surface area contributed by atoms with Crippen molar-refractivity contribution in [2.75, 3.05) is 12.4 Å². The van der Waals surface area contributed by atoms with Crippen molar-refractivity contribution in [1.29, 1.82) is 0 Å². The van der Waals surface area contributed by atoms with Gasteiger partial charge in [-0.3, -0.25) is 4.79 Å². The largest absolute Gasteiger partial charge is 0.472 e. The maximum Gasteiger partial charge on any atom is 0.337 e. The Balaban J connectivity index is 2.24. The number of hydrogen-bond donors (Lipinski definition) is 1. The first-order valence-corrected chi connectivity index (χ1v) is 6.41. The summed E-state index contributed by atoms with van der Waals surface area (Å²) in [6.45, 7) is 0. The lowest BCUT2D eigenvalue weighted by Crippen LogP contribution is -2.13. The molecule has 0 aliphatic carbocycles. The van der Waals surface area contributed by atoms with Crippen LogP contribution in [0.4, 0.5) is 5.69 Å². The third-order valence-corrected chi connectivity index (χ3v) is 3.36. The lowest BCUT2D eigenvalue weighted by molar-refractivity contribution is 0.0600. The lowest BCUT2D eigenvalue weighted by Gasteiger charge is -2.08. The number of nitrogens with one attached hydrogen (secondary N) is 1. The molecule has 0 aliphatic heterocycles.